The molecule has 1 saturated carbocycles. The van der Waals surface area contributed by atoms with Crippen LogP contribution in [0, 0.1) is 17.8 Å². The van der Waals surface area contributed by atoms with E-state index in [0.717, 1.165) is 17.8 Å². The van der Waals surface area contributed by atoms with Crippen LogP contribution in [0.3, 0.4) is 0 Å². The Morgan fingerprint density at radius 1 is 1.14 bits per heavy atom. The van der Waals surface area contributed by atoms with Crippen LogP contribution in [0.2, 0.25) is 0 Å². The van der Waals surface area contributed by atoms with Crippen LogP contribution >= 0.6 is 0 Å². The van der Waals surface area contributed by atoms with Crippen LogP contribution < -0.4 is 0 Å². The van der Waals surface area contributed by atoms with E-state index in [1.54, 1.807) is 16.7 Å². The molecule has 0 radical (unpaired) electrons. The lowest BCUT2D eigenvalue weighted by Crippen LogP contribution is -2.07. The van der Waals surface area contributed by atoms with Gasteiger partial charge in [0.15, 0.2) is 0 Å². The molecule has 0 heteroatoms. The summed E-state index contributed by atoms with van der Waals surface area (Å²) in [6, 6.07) is 0. The second-order valence-corrected chi connectivity index (χ2v) is 8.32. The van der Waals surface area contributed by atoms with Gasteiger partial charge in [-0.05, 0) is 68.8 Å². The van der Waals surface area contributed by atoms with Gasteiger partial charge < -0.3 is 0 Å². The third-order valence-electron chi connectivity index (χ3n) is 6.22. The van der Waals surface area contributed by atoms with Gasteiger partial charge in [0, 0.05) is 0 Å². The topological polar surface area (TPSA) is 0 Å². The average Bonchev–Trinajstić information content (AvgIpc) is 2.71. The Bertz CT molecular complexity index is 398. The predicted octanol–water partition coefficient (Wildman–Crippen LogP) is 7.46. The van der Waals surface area contributed by atoms with Gasteiger partial charge in [0.25, 0.3) is 0 Å². The fourth-order valence-corrected chi connectivity index (χ4v) is 4.40. The van der Waals surface area contributed by atoms with E-state index in [-0.39, 0.29) is 0 Å². The van der Waals surface area contributed by atoms with Crippen LogP contribution in [0.25, 0.3) is 0 Å². The molecule has 0 N–H and O–H groups in total. The van der Waals surface area contributed by atoms with E-state index >= 15 is 0 Å². The summed E-state index contributed by atoms with van der Waals surface area (Å²) in [5.74, 6) is 2.90. The Morgan fingerprint density at radius 3 is 2.73 bits per heavy atom. The van der Waals surface area contributed by atoms with Crippen molar-refractivity contribution in [2.75, 3.05) is 0 Å². The first-order valence-electron chi connectivity index (χ1n) is 9.96. The van der Waals surface area contributed by atoms with Crippen LogP contribution in [0.4, 0.5) is 0 Å². The highest BCUT2D eigenvalue weighted by Crippen LogP contribution is 2.34. The standard InChI is InChI=1S/C22H38/c1-5-20-13-11-19(4)22(16-20)14-10-18(3)15-21-8-6-7-17(2)9-12-21/h16-18,21H,5-15H2,1-4H3. The molecular weight excluding hydrogens is 264 g/mol. The van der Waals surface area contributed by atoms with Gasteiger partial charge in [0.2, 0.25) is 0 Å². The van der Waals surface area contributed by atoms with E-state index in [4.69, 9.17) is 0 Å². The quantitative estimate of drug-likeness (QED) is 0.447. The molecular formula is C22H38. The highest BCUT2D eigenvalue weighted by Gasteiger charge is 2.19. The van der Waals surface area contributed by atoms with Gasteiger partial charge in [-0.2, -0.15) is 0 Å². The lowest BCUT2D eigenvalue weighted by molar-refractivity contribution is 0.339. The van der Waals surface area contributed by atoms with E-state index < -0.39 is 0 Å². The number of allylic oxidation sites excluding steroid dienone is 4. The van der Waals surface area contributed by atoms with Crippen molar-refractivity contribution in [1.29, 1.82) is 0 Å². The maximum atomic E-state index is 2.53. The summed E-state index contributed by atoms with van der Waals surface area (Å²) in [6.07, 6.45) is 18.0. The molecule has 0 aromatic heterocycles. The number of rotatable bonds is 6. The zero-order valence-corrected chi connectivity index (χ0v) is 15.6. The molecule has 0 saturated heterocycles. The largest absolute Gasteiger partial charge is 0.0699 e. The maximum absolute atomic E-state index is 2.53. The molecule has 0 heterocycles. The summed E-state index contributed by atoms with van der Waals surface area (Å²) in [6.45, 7) is 9.61. The molecule has 2 rings (SSSR count). The molecule has 0 aromatic carbocycles. The van der Waals surface area contributed by atoms with Gasteiger partial charge in [-0.3, -0.25) is 0 Å². The monoisotopic (exact) mass is 302 g/mol. The summed E-state index contributed by atoms with van der Waals surface area (Å²) in [4.78, 5) is 0. The number of hydrogen-bond acceptors (Lipinski definition) is 0. The first-order chi connectivity index (χ1) is 10.6. The smallest absolute Gasteiger partial charge is 0.0277 e. The molecule has 0 bridgehead atoms. The maximum Gasteiger partial charge on any atom is -0.0277 e. The highest BCUT2D eigenvalue weighted by atomic mass is 14.2. The van der Waals surface area contributed by atoms with Gasteiger partial charge in [-0.15, -0.1) is 0 Å². The normalized spacial score (nSPS) is 28.3. The lowest BCUT2D eigenvalue weighted by Gasteiger charge is -2.22. The van der Waals surface area contributed by atoms with Gasteiger partial charge >= 0.3 is 0 Å². The molecule has 0 nitrogen and oxygen atoms in total. The Kier molecular flexibility index (Phi) is 7.25. The predicted molar refractivity (Wildman–Crippen MR) is 99.1 cm³/mol. The molecule has 1 fully saturated rings. The van der Waals surface area contributed by atoms with Gasteiger partial charge in [-0.1, -0.05) is 70.1 Å². The molecule has 3 atom stereocenters. The summed E-state index contributed by atoms with van der Waals surface area (Å²) >= 11 is 0. The minimum Gasteiger partial charge on any atom is -0.0699 e. The summed E-state index contributed by atoms with van der Waals surface area (Å²) in [5, 5.41) is 0. The van der Waals surface area contributed by atoms with Crippen LogP contribution in [-0.2, 0) is 0 Å². The van der Waals surface area contributed by atoms with Crippen molar-refractivity contribution in [3.63, 3.8) is 0 Å². The van der Waals surface area contributed by atoms with E-state index in [9.17, 15) is 0 Å². The van der Waals surface area contributed by atoms with Gasteiger partial charge in [-0.25, -0.2) is 0 Å². The molecule has 0 aromatic rings. The Balaban J connectivity index is 1.77. The fourth-order valence-electron chi connectivity index (χ4n) is 4.40. The zero-order valence-electron chi connectivity index (χ0n) is 15.6. The third-order valence-corrected chi connectivity index (χ3v) is 6.22. The van der Waals surface area contributed by atoms with Crippen LogP contribution in [0.1, 0.15) is 98.3 Å². The fraction of sp³-hybridized carbons (Fsp3) is 0.818. The molecule has 0 aliphatic heterocycles. The first-order valence-corrected chi connectivity index (χ1v) is 9.96. The SMILES string of the molecule is CCC1=CC(CCC(C)CC2CCCC(C)CC2)=C(C)CC1. The van der Waals surface area contributed by atoms with Crippen molar-refractivity contribution in [2.24, 2.45) is 17.8 Å². The highest BCUT2D eigenvalue weighted by molar-refractivity contribution is 5.32. The summed E-state index contributed by atoms with van der Waals surface area (Å²) in [7, 11) is 0. The molecule has 0 spiro atoms. The molecule has 0 amide bonds. The molecule has 2 aliphatic rings. The van der Waals surface area contributed by atoms with Gasteiger partial charge in [0.05, 0.1) is 0 Å². The Hall–Kier alpha value is -0.520. The zero-order chi connectivity index (χ0) is 15.9. The second-order valence-electron chi connectivity index (χ2n) is 8.32. The van der Waals surface area contributed by atoms with E-state index in [1.165, 1.54) is 70.6 Å². The van der Waals surface area contributed by atoms with Crippen molar-refractivity contribution in [3.8, 4) is 0 Å². The minimum absolute atomic E-state index is 0.902. The van der Waals surface area contributed by atoms with Crippen molar-refractivity contribution in [1.82, 2.24) is 0 Å². The lowest BCUT2D eigenvalue weighted by atomic mass is 9.84. The molecule has 22 heavy (non-hydrogen) atoms. The average molecular weight is 303 g/mol. The molecule has 2 aliphatic carbocycles. The minimum atomic E-state index is 0.902. The first kappa shape index (κ1) is 17.8. The van der Waals surface area contributed by atoms with E-state index in [1.807, 2.05) is 0 Å². The Labute approximate surface area is 139 Å². The van der Waals surface area contributed by atoms with E-state index in [0.29, 0.717) is 0 Å². The van der Waals surface area contributed by atoms with Crippen molar-refractivity contribution >= 4 is 0 Å². The van der Waals surface area contributed by atoms with Crippen LogP contribution in [0.5, 0.6) is 0 Å². The van der Waals surface area contributed by atoms with Crippen molar-refractivity contribution < 1.29 is 0 Å². The molecule has 3 unspecified atom stereocenters. The van der Waals surface area contributed by atoms with Crippen LogP contribution in [0.15, 0.2) is 22.8 Å². The molecule has 126 valence electrons. The number of hydrogen-bond donors (Lipinski definition) is 0. The summed E-state index contributed by atoms with van der Waals surface area (Å²) in [5.41, 5.74) is 5.00. The second kappa shape index (κ2) is 8.94. The van der Waals surface area contributed by atoms with Gasteiger partial charge in [0.1, 0.15) is 0 Å². The third kappa shape index (κ3) is 5.60. The van der Waals surface area contributed by atoms with Crippen molar-refractivity contribution in [2.45, 2.75) is 98.3 Å². The Morgan fingerprint density at radius 2 is 1.95 bits per heavy atom. The van der Waals surface area contributed by atoms with Crippen molar-refractivity contribution in [3.05, 3.63) is 22.8 Å². The van der Waals surface area contributed by atoms with E-state index in [2.05, 4.69) is 33.8 Å². The summed E-state index contributed by atoms with van der Waals surface area (Å²) < 4.78 is 0. The van der Waals surface area contributed by atoms with Crippen LogP contribution in [-0.4, -0.2) is 0 Å².